The van der Waals surface area contributed by atoms with Gasteiger partial charge in [-0.15, -0.1) is 0 Å². The fourth-order valence-electron chi connectivity index (χ4n) is 1.83. The quantitative estimate of drug-likeness (QED) is 0.543. The molecule has 0 aromatic heterocycles. The van der Waals surface area contributed by atoms with Crippen LogP contribution in [0.2, 0.25) is 0 Å². The number of rotatable bonds is 7. The van der Waals surface area contributed by atoms with Gasteiger partial charge in [-0.2, -0.15) is 0 Å². The maximum atomic E-state index is 13.0. The Hall–Kier alpha value is -0.910. The SMILES string of the molecule is CCOP(=O)(OCC)C(C(=O)NC(C)(C)C)C(=O)NC(C)(C)C. The molecule has 0 saturated carbocycles. The lowest BCUT2D eigenvalue weighted by Crippen LogP contribution is -2.54. The van der Waals surface area contributed by atoms with Crippen LogP contribution in [0.1, 0.15) is 55.4 Å². The molecule has 0 bridgehead atoms. The van der Waals surface area contributed by atoms with E-state index in [9.17, 15) is 14.2 Å². The maximum absolute atomic E-state index is 13.0. The summed E-state index contributed by atoms with van der Waals surface area (Å²) in [5.74, 6) is -1.35. The van der Waals surface area contributed by atoms with Gasteiger partial charge in [-0.3, -0.25) is 14.2 Å². The highest BCUT2D eigenvalue weighted by atomic mass is 31.2. The molecule has 0 radical (unpaired) electrons. The highest BCUT2D eigenvalue weighted by Gasteiger charge is 2.48. The predicted molar refractivity (Wildman–Crippen MR) is 90.4 cm³/mol. The molecule has 2 N–H and O–H groups in total. The Morgan fingerprint density at radius 2 is 1.17 bits per heavy atom. The van der Waals surface area contributed by atoms with Gasteiger partial charge in [-0.25, -0.2) is 0 Å². The molecule has 2 amide bonds. The average Bonchev–Trinajstić information content (AvgIpc) is 2.23. The van der Waals surface area contributed by atoms with Gasteiger partial charge in [0, 0.05) is 11.1 Å². The van der Waals surface area contributed by atoms with Crippen LogP contribution in [-0.2, 0) is 23.2 Å². The average molecular weight is 350 g/mol. The molecule has 0 atom stereocenters. The van der Waals surface area contributed by atoms with E-state index < -0.39 is 36.1 Å². The molecule has 8 heteroatoms. The van der Waals surface area contributed by atoms with Crippen LogP contribution in [0.5, 0.6) is 0 Å². The van der Waals surface area contributed by atoms with E-state index in [1.165, 1.54) is 0 Å². The number of carbonyl (C=O) groups is 2. The lowest BCUT2D eigenvalue weighted by Gasteiger charge is -2.30. The summed E-state index contributed by atoms with van der Waals surface area (Å²) >= 11 is 0. The van der Waals surface area contributed by atoms with Gasteiger partial charge in [0.25, 0.3) is 0 Å². The van der Waals surface area contributed by atoms with E-state index in [0.29, 0.717) is 0 Å². The molecule has 0 unspecified atom stereocenters. The van der Waals surface area contributed by atoms with Crippen molar-refractivity contribution < 1.29 is 23.2 Å². The van der Waals surface area contributed by atoms with Crippen molar-refractivity contribution >= 4 is 19.4 Å². The first-order valence-corrected chi connectivity index (χ1v) is 9.39. The highest BCUT2D eigenvalue weighted by Crippen LogP contribution is 2.53. The van der Waals surface area contributed by atoms with E-state index in [2.05, 4.69) is 10.6 Å². The molecule has 136 valence electrons. The van der Waals surface area contributed by atoms with Gasteiger partial charge >= 0.3 is 7.60 Å². The second-order valence-electron chi connectivity index (χ2n) is 7.26. The highest BCUT2D eigenvalue weighted by molar-refractivity contribution is 7.57. The summed E-state index contributed by atoms with van der Waals surface area (Å²) in [4.78, 5) is 25.2. The largest absolute Gasteiger partial charge is 0.352 e. The topological polar surface area (TPSA) is 93.7 Å². The van der Waals surface area contributed by atoms with E-state index in [1.807, 2.05) is 0 Å². The zero-order valence-electron chi connectivity index (χ0n) is 15.5. The van der Waals surface area contributed by atoms with E-state index in [4.69, 9.17) is 9.05 Å². The van der Waals surface area contributed by atoms with Crippen LogP contribution in [0.25, 0.3) is 0 Å². The number of hydrogen-bond acceptors (Lipinski definition) is 5. The monoisotopic (exact) mass is 350 g/mol. The zero-order chi connectivity index (χ0) is 18.5. The summed E-state index contributed by atoms with van der Waals surface area (Å²) in [5, 5.41) is 5.35. The van der Waals surface area contributed by atoms with Crippen molar-refractivity contribution in [2.75, 3.05) is 13.2 Å². The molecule has 0 heterocycles. The van der Waals surface area contributed by atoms with E-state index in [0.717, 1.165) is 0 Å². The van der Waals surface area contributed by atoms with Crippen LogP contribution in [0.4, 0.5) is 0 Å². The van der Waals surface area contributed by atoms with Crippen LogP contribution < -0.4 is 10.6 Å². The van der Waals surface area contributed by atoms with Crippen molar-refractivity contribution in [2.45, 2.75) is 72.1 Å². The minimum atomic E-state index is -3.94. The molecule has 0 spiro atoms. The molecule has 0 fully saturated rings. The summed E-state index contributed by atoms with van der Waals surface area (Å²) in [6.07, 6.45) is 0. The molecule has 0 saturated heterocycles. The van der Waals surface area contributed by atoms with Gasteiger partial charge in [-0.1, -0.05) is 0 Å². The van der Waals surface area contributed by atoms with Gasteiger partial charge in [0.1, 0.15) is 0 Å². The van der Waals surface area contributed by atoms with Crippen molar-refractivity contribution in [2.24, 2.45) is 0 Å². The summed E-state index contributed by atoms with van der Waals surface area (Å²) in [6.45, 7) is 14.0. The third-order valence-electron chi connectivity index (χ3n) is 2.43. The number of carbonyl (C=O) groups excluding carboxylic acids is 2. The predicted octanol–water partition coefficient (Wildman–Crippen LogP) is 2.45. The molecule has 23 heavy (non-hydrogen) atoms. The molecule has 0 aliphatic carbocycles. The van der Waals surface area contributed by atoms with Crippen LogP contribution in [0.3, 0.4) is 0 Å². The minimum absolute atomic E-state index is 0.0688. The number of nitrogens with one attached hydrogen (secondary N) is 2. The van der Waals surface area contributed by atoms with Crippen LogP contribution in [-0.4, -0.2) is 41.8 Å². The second-order valence-corrected chi connectivity index (χ2v) is 9.37. The number of amides is 2. The molecule has 0 aromatic carbocycles. The van der Waals surface area contributed by atoms with Crippen molar-refractivity contribution in [3.63, 3.8) is 0 Å². The first kappa shape index (κ1) is 22.1. The smallest absolute Gasteiger partial charge is 0.350 e. The standard InChI is InChI=1S/C15H31N2O5P/c1-9-21-23(20,22-10-2)11(12(18)16-14(3,4)5)13(19)17-15(6,7)8/h11H,9-10H2,1-8H3,(H,16,18)(H,17,19). The van der Waals surface area contributed by atoms with Crippen molar-refractivity contribution in [3.05, 3.63) is 0 Å². The lowest BCUT2D eigenvalue weighted by molar-refractivity contribution is -0.130. The maximum Gasteiger partial charge on any atom is 0.352 e. The van der Waals surface area contributed by atoms with Gasteiger partial charge < -0.3 is 19.7 Å². The summed E-state index contributed by atoms with van der Waals surface area (Å²) in [6, 6.07) is 0. The molecular weight excluding hydrogens is 319 g/mol. The molecule has 0 aliphatic heterocycles. The normalized spacial score (nSPS) is 13.1. The van der Waals surface area contributed by atoms with Crippen molar-refractivity contribution in [3.8, 4) is 0 Å². The summed E-state index contributed by atoms with van der Waals surface area (Å²) < 4.78 is 23.4. The summed E-state index contributed by atoms with van der Waals surface area (Å²) in [7, 11) is -3.94. The van der Waals surface area contributed by atoms with E-state index >= 15 is 0 Å². The van der Waals surface area contributed by atoms with Gasteiger partial charge in [0.05, 0.1) is 13.2 Å². The third kappa shape index (κ3) is 7.95. The first-order valence-electron chi connectivity index (χ1n) is 7.78. The summed E-state index contributed by atoms with van der Waals surface area (Å²) in [5.41, 5.74) is -2.72. The fourth-order valence-corrected chi connectivity index (χ4v) is 3.62. The van der Waals surface area contributed by atoms with E-state index in [-0.39, 0.29) is 13.2 Å². The van der Waals surface area contributed by atoms with Gasteiger partial charge in [0.2, 0.25) is 17.5 Å². The molecular formula is C15H31N2O5P. The molecule has 0 rings (SSSR count). The van der Waals surface area contributed by atoms with Crippen molar-refractivity contribution in [1.29, 1.82) is 0 Å². The van der Waals surface area contributed by atoms with Crippen LogP contribution in [0.15, 0.2) is 0 Å². The number of hydrogen-bond donors (Lipinski definition) is 2. The Kier molecular flexibility index (Phi) is 7.94. The van der Waals surface area contributed by atoms with Gasteiger partial charge in [0.15, 0.2) is 0 Å². The fraction of sp³-hybridized carbons (Fsp3) is 0.867. The van der Waals surface area contributed by atoms with E-state index in [1.54, 1.807) is 55.4 Å². The van der Waals surface area contributed by atoms with Gasteiger partial charge in [-0.05, 0) is 55.4 Å². The first-order chi connectivity index (χ1) is 10.3. The minimum Gasteiger partial charge on any atom is -0.350 e. The van der Waals surface area contributed by atoms with Crippen LogP contribution in [0, 0.1) is 0 Å². The molecule has 0 aliphatic rings. The Balaban J connectivity index is 5.73. The Labute approximate surface area is 139 Å². The Bertz CT molecular complexity index is 427. The lowest BCUT2D eigenvalue weighted by atomic mass is 10.1. The van der Waals surface area contributed by atoms with Crippen molar-refractivity contribution in [1.82, 2.24) is 10.6 Å². The second kappa shape index (κ2) is 8.27. The third-order valence-corrected chi connectivity index (χ3v) is 4.77. The zero-order valence-corrected chi connectivity index (χ0v) is 16.4. The Morgan fingerprint density at radius 3 is 1.39 bits per heavy atom. The van der Waals surface area contributed by atoms with Crippen LogP contribution >= 0.6 is 7.60 Å². The molecule has 0 aromatic rings. The molecule has 7 nitrogen and oxygen atoms in total. The Morgan fingerprint density at radius 1 is 0.870 bits per heavy atom.